The van der Waals surface area contributed by atoms with Gasteiger partial charge >= 0.3 is 0 Å². The third kappa shape index (κ3) is 2.66. The first kappa shape index (κ1) is 12.5. The van der Waals surface area contributed by atoms with E-state index in [0.29, 0.717) is 4.47 Å². The van der Waals surface area contributed by atoms with Crippen LogP contribution >= 0.6 is 15.9 Å². The molecule has 17 heavy (non-hydrogen) atoms. The minimum Gasteiger partial charge on any atom is -0.321 e. The fraction of sp³-hybridized carbons (Fsp3) is 0.417. The lowest BCUT2D eigenvalue weighted by molar-refractivity contribution is -0.118. The summed E-state index contributed by atoms with van der Waals surface area (Å²) in [4.78, 5) is 12.0. The van der Waals surface area contributed by atoms with Crippen LogP contribution in [-0.2, 0) is 4.79 Å². The largest absolute Gasteiger partial charge is 0.321 e. The minimum absolute atomic E-state index is 0.180. The van der Waals surface area contributed by atoms with E-state index in [1.165, 1.54) is 6.07 Å². The number of carbonyl (C=O) groups is 1. The Balaban J connectivity index is 2.13. The highest BCUT2D eigenvalue weighted by molar-refractivity contribution is 9.10. The molecular formula is C12H14BrFN2O. The Bertz CT molecular complexity index is 418. The summed E-state index contributed by atoms with van der Waals surface area (Å²) in [7, 11) is 0. The third-order valence-corrected chi connectivity index (χ3v) is 3.69. The SMILES string of the molecule is CC1CCNC1C(=O)Nc1c(F)cccc1Br. The molecule has 5 heteroatoms. The highest BCUT2D eigenvalue weighted by Crippen LogP contribution is 2.26. The second-order valence-electron chi connectivity index (χ2n) is 4.28. The molecule has 1 aromatic rings. The van der Waals surface area contributed by atoms with Crippen LogP contribution in [-0.4, -0.2) is 18.5 Å². The predicted molar refractivity (Wildman–Crippen MR) is 68.3 cm³/mol. The number of halogens is 2. The van der Waals surface area contributed by atoms with Crippen LogP contribution < -0.4 is 10.6 Å². The molecule has 0 saturated carbocycles. The summed E-state index contributed by atoms with van der Waals surface area (Å²) in [5, 5.41) is 5.74. The Morgan fingerprint density at radius 3 is 2.94 bits per heavy atom. The monoisotopic (exact) mass is 300 g/mol. The third-order valence-electron chi connectivity index (χ3n) is 3.03. The topological polar surface area (TPSA) is 41.1 Å². The molecule has 2 atom stereocenters. The van der Waals surface area contributed by atoms with E-state index < -0.39 is 5.82 Å². The van der Waals surface area contributed by atoms with Gasteiger partial charge < -0.3 is 10.6 Å². The molecule has 0 radical (unpaired) electrons. The second-order valence-corrected chi connectivity index (χ2v) is 5.14. The Morgan fingerprint density at radius 2 is 2.35 bits per heavy atom. The van der Waals surface area contributed by atoms with Crippen molar-refractivity contribution in [3.05, 3.63) is 28.5 Å². The lowest BCUT2D eigenvalue weighted by atomic mass is 10.0. The van der Waals surface area contributed by atoms with Crippen LogP contribution in [0.5, 0.6) is 0 Å². The summed E-state index contributed by atoms with van der Waals surface area (Å²) < 4.78 is 14.1. The first-order chi connectivity index (χ1) is 8.09. The zero-order chi connectivity index (χ0) is 12.4. The van der Waals surface area contributed by atoms with Crippen LogP contribution in [0.1, 0.15) is 13.3 Å². The Hall–Kier alpha value is -0.940. The molecule has 2 N–H and O–H groups in total. The van der Waals surface area contributed by atoms with E-state index in [1.54, 1.807) is 12.1 Å². The first-order valence-corrected chi connectivity index (χ1v) is 6.37. The summed E-state index contributed by atoms with van der Waals surface area (Å²) in [5.41, 5.74) is 0.207. The molecule has 0 aromatic heterocycles. The molecule has 1 saturated heterocycles. The highest BCUT2D eigenvalue weighted by Gasteiger charge is 2.29. The summed E-state index contributed by atoms with van der Waals surface area (Å²) >= 11 is 3.22. The van der Waals surface area contributed by atoms with Crippen LogP contribution in [0.25, 0.3) is 0 Å². The van der Waals surface area contributed by atoms with Crippen molar-refractivity contribution in [1.29, 1.82) is 0 Å². The Morgan fingerprint density at radius 1 is 1.59 bits per heavy atom. The van der Waals surface area contributed by atoms with Gasteiger partial charge in [0.2, 0.25) is 5.91 Å². The Kier molecular flexibility index (Phi) is 3.79. The van der Waals surface area contributed by atoms with Gasteiger partial charge in [0, 0.05) is 4.47 Å². The number of hydrogen-bond donors (Lipinski definition) is 2. The van der Waals surface area contributed by atoms with Gasteiger partial charge in [-0.25, -0.2) is 4.39 Å². The van der Waals surface area contributed by atoms with Gasteiger partial charge in [-0.05, 0) is 46.9 Å². The van der Waals surface area contributed by atoms with Crippen molar-refractivity contribution in [2.24, 2.45) is 5.92 Å². The maximum atomic E-state index is 13.5. The molecule has 2 rings (SSSR count). The van der Waals surface area contributed by atoms with Gasteiger partial charge in [0.05, 0.1) is 11.7 Å². The van der Waals surface area contributed by atoms with Crippen LogP contribution in [0, 0.1) is 11.7 Å². The van der Waals surface area contributed by atoms with Crippen molar-refractivity contribution in [3.8, 4) is 0 Å². The van der Waals surface area contributed by atoms with E-state index in [1.807, 2.05) is 6.92 Å². The first-order valence-electron chi connectivity index (χ1n) is 5.58. The predicted octanol–water partition coefficient (Wildman–Crippen LogP) is 2.52. The van der Waals surface area contributed by atoms with Crippen molar-refractivity contribution in [2.45, 2.75) is 19.4 Å². The quantitative estimate of drug-likeness (QED) is 0.881. The molecule has 1 heterocycles. The second kappa shape index (κ2) is 5.14. The van der Waals surface area contributed by atoms with Gasteiger partial charge in [0.25, 0.3) is 0 Å². The zero-order valence-corrected chi connectivity index (χ0v) is 11.1. The van der Waals surface area contributed by atoms with Crippen molar-refractivity contribution in [2.75, 3.05) is 11.9 Å². The van der Waals surface area contributed by atoms with Crippen molar-refractivity contribution < 1.29 is 9.18 Å². The minimum atomic E-state index is -0.432. The molecule has 2 unspecified atom stereocenters. The van der Waals surface area contributed by atoms with E-state index in [4.69, 9.17) is 0 Å². The molecule has 3 nitrogen and oxygen atoms in total. The van der Waals surface area contributed by atoms with Crippen molar-refractivity contribution in [1.82, 2.24) is 5.32 Å². The molecule has 0 bridgehead atoms. The molecule has 1 aliphatic heterocycles. The van der Waals surface area contributed by atoms with Crippen LogP contribution in [0.2, 0.25) is 0 Å². The highest BCUT2D eigenvalue weighted by atomic mass is 79.9. The van der Waals surface area contributed by atoms with Crippen LogP contribution in [0.15, 0.2) is 22.7 Å². The van der Waals surface area contributed by atoms with E-state index in [-0.39, 0.29) is 23.6 Å². The average Bonchev–Trinajstić information content (AvgIpc) is 2.70. The molecule has 1 aromatic carbocycles. The number of nitrogens with one attached hydrogen (secondary N) is 2. The number of amides is 1. The smallest absolute Gasteiger partial charge is 0.241 e. The number of hydrogen-bond acceptors (Lipinski definition) is 2. The molecule has 1 amide bonds. The number of carbonyl (C=O) groups excluding carboxylic acids is 1. The van der Waals surface area contributed by atoms with Gasteiger partial charge in [-0.15, -0.1) is 0 Å². The summed E-state index contributed by atoms with van der Waals surface area (Å²) in [6.45, 7) is 2.85. The standard InChI is InChI=1S/C12H14BrFN2O/c1-7-5-6-15-10(7)12(17)16-11-8(13)3-2-4-9(11)14/h2-4,7,10,15H,5-6H2,1H3,(H,16,17). The molecule has 92 valence electrons. The Labute approximate surface area is 108 Å². The fourth-order valence-corrected chi connectivity index (χ4v) is 2.44. The molecule has 0 aliphatic carbocycles. The van der Waals surface area contributed by atoms with E-state index >= 15 is 0 Å². The number of benzene rings is 1. The fourth-order valence-electron chi connectivity index (χ4n) is 2.00. The van der Waals surface area contributed by atoms with Crippen molar-refractivity contribution in [3.63, 3.8) is 0 Å². The van der Waals surface area contributed by atoms with Crippen LogP contribution in [0.4, 0.5) is 10.1 Å². The van der Waals surface area contributed by atoms with Gasteiger partial charge in [-0.1, -0.05) is 13.0 Å². The lowest BCUT2D eigenvalue weighted by Crippen LogP contribution is -2.39. The van der Waals surface area contributed by atoms with Crippen LogP contribution in [0.3, 0.4) is 0 Å². The number of para-hydroxylation sites is 1. The van der Waals surface area contributed by atoms with E-state index in [0.717, 1.165) is 13.0 Å². The zero-order valence-electron chi connectivity index (χ0n) is 9.47. The van der Waals surface area contributed by atoms with Crippen molar-refractivity contribution >= 4 is 27.5 Å². The normalized spacial score (nSPS) is 23.7. The van der Waals surface area contributed by atoms with E-state index in [9.17, 15) is 9.18 Å². The van der Waals surface area contributed by atoms with Gasteiger partial charge in [-0.3, -0.25) is 4.79 Å². The van der Waals surface area contributed by atoms with E-state index in [2.05, 4.69) is 26.6 Å². The molecular weight excluding hydrogens is 287 g/mol. The average molecular weight is 301 g/mol. The summed E-state index contributed by atoms with van der Waals surface area (Å²) in [5.74, 6) is -0.334. The van der Waals surface area contributed by atoms with Gasteiger partial charge in [0.15, 0.2) is 0 Å². The summed E-state index contributed by atoms with van der Waals surface area (Å²) in [6, 6.07) is 4.38. The maximum absolute atomic E-state index is 13.5. The molecule has 1 fully saturated rings. The van der Waals surface area contributed by atoms with Gasteiger partial charge in [-0.2, -0.15) is 0 Å². The molecule has 1 aliphatic rings. The number of anilines is 1. The molecule has 0 spiro atoms. The number of rotatable bonds is 2. The van der Waals surface area contributed by atoms with Gasteiger partial charge in [0.1, 0.15) is 5.82 Å². The maximum Gasteiger partial charge on any atom is 0.241 e. The lowest BCUT2D eigenvalue weighted by Gasteiger charge is -2.16. The summed E-state index contributed by atoms with van der Waals surface area (Å²) in [6.07, 6.45) is 0.969.